The maximum absolute atomic E-state index is 12.6. The van der Waals surface area contributed by atoms with Gasteiger partial charge in [0.25, 0.3) is 5.91 Å². The molecule has 8 heteroatoms. The lowest BCUT2D eigenvalue weighted by Crippen LogP contribution is -2.25. The van der Waals surface area contributed by atoms with E-state index < -0.39 is 0 Å². The monoisotopic (exact) mass is 402 g/mol. The quantitative estimate of drug-likeness (QED) is 0.583. The number of ether oxygens (including phenoxy) is 1. The number of rotatable bonds is 7. The lowest BCUT2D eigenvalue weighted by atomic mass is 10.2. The first-order valence-corrected chi connectivity index (χ1v) is 9.26. The SMILES string of the molecule is CCn1c(CNC(=O)c2ccccc2OCc2ccccc2Cl)n[nH]c1=S. The number of nitrogens with one attached hydrogen (secondary N) is 2. The Morgan fingerprint density at radius 1 is 1.26 bits per heavy atom. The van der Waals surface area contributed by atoms with Crippen LogP contribution in [-0.2, 0) is 19.7 Å². The van der Waals surface area contributed by atoms with Crippen LogP contribution in [0.4, 0.5) is 0 Å². The molecule has 2 N–H and O–H groups in total. The number of hydrogen-bond acceptors (Lipinski definition) is 4. The summed E-state index contributed by atoms with van der Waals surface area (Å²) in [7, 11) is 0. The molecule has 0 radical (unpaired) electrons. The molecular weight excluding hydrogens is 384 g/mol. The molecule has 0 aliphatic rings. The highest BCUT2D eigenvalue weighted by Gasteiger charge is 2.14. The molecule has 0 spiro atoms. The molecule has 2 aromatic carbocycles. The molecule has 27 heavy (non-hydrogen) atoms. The molecule has 0 saturated heterocycles. The maximum atomic E-state index is 12.6. The van der Waals surface area contributed by atoms with Crippen molar-refractivity contribution in [3.05, 3.63) is 75.3 Å². The van der Waals surface area contributed by atoms with Gasteiger partial charge in [0, 0.05) is 17.1 Å². The second-order valence-electron chi connectivity index (χ2n) is 5.75. The number of aromatic nitrogens is 3. The Labute approximate surface area is 167 Å². The zero-order valence-electron chi connectivity index (χ0n) is 14.7. The van der Waals surface area contributed by atoms with E-state index in [1.54, 1.807) is 24.3 Å². The van der Waals surface area contributed by atoms with Gasteiger partial charge in [0.1, 0.15) is 12.4 Å². The van der Waals surface area contributed by atoms with Gasteiger partial charge in [-0.25, -0.2) is 0 Å². The summed E-state index contributed by atoms with van der Waals surface area (Å²) in [6.45, 7) is 3.18. The second kappa shape index (κ2) is 8.83. The Kier molecular flexibility index (Phi) is 6.26. The Morgan fingerprint density at radius 2 is 2.00 bits per heavy atom. The molecule has 1 aromatic heterocycles. The van der Waals surface area contributed by atoms with E-state index in [4.69, 9.17) is 28.6 Å². The fourth-order valence-corrected chi connectivity index (χ4v) is 3.09. The van der Waals surface area contributed by atoms with Gasteiger partial charge in [0.05, 0.1) is 12.1 Å². The van der Waals surface area contributed by atoms with E-state index in [9.17, 15) is 4.79 Å². The summed E-state index contributed by atoms with van der Waals surface area (Å²) in [6, 6.07) is 14.5. The second-order valence-corrected chi connectivity index (χ2v) is 6.54. The minimum atomic E-state index is -0.249. The summed E-state index contributed by atoms with van der Waals surface area (Å²) in [5.41, 5.74) is 1.30. The molecule has 1 heterocycles. The molecule has 3 rings (SSSR count). The molecule has 0 atom stereocenters. The topological polar surface area (TPSA) is 71.9 Å². The van der Waals surface area contributed by atoms with E-state index in [2.05, 4.69) is 15.5 Å². The van der Waals surface area contributed by atoms with Crippen LogP contribution in [0.25, 0.3) is 0 Å². The zero-order chi connectivity index (χ0) is 19.2. The van der Waals surface area contributed by atoms with Crippen LogP contribution in [0.3, 0.4) is 0 Å². The smallest absolute Gasteiger partial charge is 0.255 e. The average Bonchev–Trinajstić information content (AvgIpc) is 3.05. The van der Waals surface area contributed by atoms with Gasteiger partial charge in [-0.15, -0.1) is 0 Å². The zero-order valence-corrected chi connectivity index (χ0v) is 16.3. The van der Waals surface area contributed by atoms with E-state index in [0.29, 0.717) is 33.5 Å². The standard InChI is InChI=1S/C19H19ClN4O2S/c1-2-24-17(22-23-19(24)27)11-21-18(25)14-8-4-6-10-16(14)26-12-13-7-3-5-9-15(13)20/h3-10H,2,11-12H2,1H3,(H,21,25)(H,23,27). The minimum Gasteiger partial charge on any atom is -0.488 e. The van der Waals surface area contributed by atoms with Crippen LogP contribution in [0.5, 0.6) is 5.75 Å². The van der Waals surface area contributed by atoms with E-state index >= 15 is 0 Å². The Bertz CT molecular complexity index is 999. The first kappa shape index (κ1) is 19.1. The average molecular weight is 403 g/mol. The summed E-state index contributed by atoms with van der Waals surface area (Å²) < 4.78 is 8.20. The molecule has 0 unspecified atom stereocenters. The molecule has 0 bridgehead atoms. The van der Waals surface area contributed by atoms with E-state index in [1.807, 2.05) is 35.8 Å². The third-order valence-corrected chi connectivity index (χ3v) is 4.71. The van der Waals surface area contributed by atoms with E-state index in [1.165, 1.54) is 0 Å². The molecule has 6 nitrogen and oxygen atoms in total. The van der Waals surface area contributed by atoms with Gasteiger partial charge in [0.15, 0.2) is 10.6 Å². The van der Waals surface area contributed by atoms with E-state index in [0.717, 1.165) is 5.56 Å². The van der Waals surface area contributed by atoms with Crippen molar-refractivity contribution in [2.75, 3.05) is 0 Å². The number of amides is 1. The highest BCUT2D eigenvalue weighted by atomic mass is 35.5. The third kappa shape index (κ3) is 4.56. The van der Waals surface area contributed by atoms with Crippen molar-refractivity contribution in [2.24, 2.45) is 0 Å². The number of carbonyl (C=O) groups is 1. The van der Waals surface area contributed by atoms with Crippen LogP contribution in [-0.4, -0.2) is 20.7 Å². The van der Waals surface area contributed by atoms with Gasteiger partial charge in [0.2, 0.25) is 0 Å². The molecule has 140 valence electrons. The normalized spacial score (nSPS) is 10.6. The van der Waals surface area contributed by atoms with Crippen molar-refractivity contribution in [1.82, 2.24) is 20.1 Å². The Hall–Kier alpha value is -2.64. The number of H-pyrrole nitrogens is 1. The molecule has 0 saturated carbocycles. The van der Waals surface area contributed by atoms with Gasteiger partial charge < -0.3 is 14.6 Å². The molecule has 1 amide bonds. The lowest BCUT2D eigenvalue weighted by molar-refractivity contribution is 0.0945. The molecule has 0 fully saturated rings. The number of nitrogens with zero attached hydrogens (tertiary/aromatic N) is 2. The summed E-state index contributed by atoms with van der Waals surface area (Å²) in [5.74, 6) is 0.913. The lowest BCUT2D eigenvalue weighted by Gasteiger charge is -2.12. The Morgan fingerprint density at radius 3 is 2.78 bits per heavy atom. The minimum absolute atomic E-state index is 0.249. The van der Waals surface area contributed by atoms with Gasteiger partial charge in [-0.3, -0.25) is 9.89 Å². The number of benzene rings is 2. The van der Waals surface area contributed by atoms with Crippen molar-refractivity contribution in [2.45, 2.75) is 26.6 Å². The van der Waals surface area contributed by atoms with Crippen LogP contribution in [0.15, 0.2) is 48.5 Å². The summed E-state index contributed by atoms with van der Waals surface area (Å²) in [4.78, 5) is 12.6. The van der Waals surface area contributed by atoms with Crippen LogP contribution >= 0.6 is 23.8 Å². The first-order valence-electron chi connectivity index (χ1n) is 8.47. The number of aromatic amines is 1. The number of hydrogen-bond donors (Lipinski definition) is 2. The van der Waals surface area contributed by atoms with Crippen molar-refractivity contribution in [1.29, 1.82) is 0 Å². The Balaban J connectivity index is 1.70. The maximum Gasteiger partial charge on any atom is 0.255 e. The highest BCUT2D eigenvalue weighted by Crippen LogP contribution is 2.22. The van der Waals surface area contributed by atoms with Crippen LogP contribution in [0.1, 0.15) is 28.7 Å². The van der Waals surface area contributed by atoms with Crippen molar-refractivity contribution < 1.29 is 9.53 Å². The van der Waals surface area contributed by atoms with Crippen LogP contribution in [0, 0.1) is 4.77 Å². The largest absolute Gasteiger partial charge is 0.488 e. The molecule has 0 aliphatic heterocycles. The summed E-state index contributed by atoms with van der Waals surface area (Å²) in [5, 5.41) is 10.4. The fourth-order valence-electron chi connectivity index (χ4n) is 2.62. The number of para-hydroxylation sites is 1. The van der Waals surface area contributed by atoms with Gasteiger partial charge in [-0.05, 0) is 37.3 Å². The van der Waals surface area contributed by atoms with Crippen molar-refractivity contribution >= 4 is 29.7 Å². The number of carbonyl (C=O) groups excluding carboxylic acids is 1. The van der Waals surface area contributed by atoms with Crippen molar-refractivity contribution in [3.8, 4) is 5.75 Å². The predicted molar refractivity (Wildman–Crippen MR) is 106 cm³/mol. The predicted octanol–water partition coefficient (Wildman–Crippen LogP) is 4.12. The highest BCUT2D eigenvalue weighted by molar-refractivity contribution is 7.71. The molecule has 0 aliphatic carbocycles. The molecule has 3 aromatic rings. The summed E-state index contributed by atoms with van der Waals surface area (Å²) >= 11 is 11.3. The van der Waals surface area contributed by atoms with Crippen LogP contribution in [0.2, 0.25) is 5.02 Å². The van der Waals surface area contributed by atoms with Crippen LogP contribution < -0.4 is 10.1 Å². The van der Waals surface area contributed by atoms with E-state index in [-0.39, 0.29) is 19.1 Å². The van der Waals surface area contributed by atoms with Gasteiger partial charge >= 0.3 is 0 Å². The first-order chi connectivity index (χ1) is 13.1. The fraction of sp³-hybridized carbons (Fsp3) is 0.211. The van der Waals surface area contributed by atoms with Crippen molar-refractivity contribution in [3.63, 3.8) is 0 Å². The molecular formula is C19H19ClN4O2S. The number of halogens is 1. The van der Waals surface area contributed by atoms with Gasteiger partial charge in [-0.2, -0.15) is 5.10 Å². The van der Waals surface area contributed by atoms with Gasteiger partial charge in [-0.1, -0.05) is 41.9 Å². The third-order valence-electron chi connectivity index (χ3n) is 4.03. The summed E-state index contributed by atoms with van der Waals surface area (Å²) in [6.07, 6.45) is 0.